The Hall–Kier alpha value is -2.64. The summed E-state index contributed by atoms with van der Waals surface area (Å²) >= 11 is 6.93. The first-order valence-electron chi connectivity index (χ1n) is 9.90. The molecule has 3 rings (SSSR count). The second-order valence-corrected chi connectivity index (χ2v) is 9.21. The van der Waals surface area contributed by atoms with Crippen LogP contribution in [0.15, 0.2) is 63.5 Å². The zero-order valence-corrected chi connectivity index (χ0v) is 21.0. The lowest BCUT2D eigenvalue weighted by molar-refractivity contribution is -0.136. The van der Waals surface area contributed by atoms with Gasteiger partial charge in [-0.3, -0.25) is 9.59 Å². The van der Waals surface area contributed by atoms with Gasteiger partial charge in [-0.05, 0) is 67.6 Å². The lowest BCUT2D eigenvalue weighted by atomic mass is 9.94. The highest BCUT2D eigenvalue weighted by atomic mass is 79.9. The molecule has 0 aliphatic heterocycles. The molecular weight excluding hydrogens is 540 g/mol. The van der Waals surface area contributed by atoms with E-state index in [9.17, 15) is 9.59 Å². The van der Waals surface area contributed by atoms with Gasteiger partial charge in [0.25, 0.3) is 0 Å². The molecule has 0 radical (unpaired) electrons. The molecule has 7 heteroatoms. The number of rotatable bonds is 8. The van der Waals surface area contributed by atoms with Gasteiger partial charge in [-0.1, -0.05) is 44.2 Å². The number of carboxylic acid groups (broad SMARTS) is 1. The Morgan fingerprint density at radius 2 is 1.59 bits per heavy atom. The Bertz CT molecular complexity index is 1130. The third-order valence-corrected chi connectivity index (χ3v) is 6.01. The smallest absolute Gasteiger partial charge is 0.307 e. The molecule has 0 unspecified atom stereocenters. The van der Waals surface area contributed by atoms with E-state index in [4.69, 9.17) is 14.6 Å². The molecule has 0 atom stereocenters. The van der Waals surface area contributed by atoms with Crippen molar-refractivity contribution in [2.75, 3.05) is 7.11 Å². The molecule has 0 saturated carbocycles. The molecule has 0 heterocycles. The Balaban J connectivity index is 2.09. The van der Waals surface area contributed by atoms with Crippen molar-refractivity contribution in [1.29, 1.82) is 0 Å². The van der Waals surface area contributed by atoms with E-state index in [1.165, 1.54) is 0 Å². The molecule has 5 nitrogen and oxygen atoms in total. The molecule has 166 valence electrons. The van der Waals surface area contributed by atoms with Crippen molar-refractivity contribution >= 4 is 43.6 Å². The summed E-state index contributed by atoms with van der Waals surface area (Å²) in [7, 11) is 1.55. The predicted molar refractivity (Wildman–Crippen MR) is 130 cm³/mol. The van der Waals surface area contributed by atoms with Gasteiger partial charge in [-0.2, -0.15) is 0 Å². The summed E-state index contributed by atoms with van der Waals surface area (Å²) in [4.78, 5) is 24.3. The van der Waals surface area contributed by atoms with Crippen LogP contribution in [0.25, 0.3) is 0 Å². The molecule has 1 N–H and O–H groups in total. The molecule has 0 spiro atoms. The molecule has 0 aromatic heterocycles. The van der Waals surface area contributed by atoms with E-state index >= 15 is 0 Å². The molecule has 3 aromatic carbocycles. The van der Waals surface area contributed by atoms with Crippen LogP contribution in [0.3, 0.4) is 0 Å². The van der Waals surface area contributed by atoms with Gasteiger partial charge in [0.05, 0.1) is 28.0 Å². The van der Waals surface area contributed by atoms with Gasteiger partial charge in [-0.15, -0.1) is 0 Å². The van der Waals surface area contributed by atoms with Gasteiger partial charge in [0.1, 0.15) is 11.5 Å². The van der Waals surface area contributed by atoms with Crippen molar-refractivity contribution in [3.8, 4) is 17.2 Å². The summed E-state index contributed by atoms with van der Waals surface area (Å²) in [6.45, 7) is 4.04. The van der Waals surface area contributed by atoms with E-state index in [0.29, 0.717) is 42.9 Å². The van der Waals surface area contributed by atoms with E-state index in [2.05, 4.69) is 31.9 Å². The van der Waals surface area contributed by atoms with Crippen LogP contribution < -0.4 is 9.47 Å². The molecule has 0 fully saturated rings. The van der Waals surface area contributed by atoms with Crippen LogP contribution in [0.5, 0.6) is 17.2 Å². The van der Waals surface area contributed by atoms with Crippen LogP contribution in [-0.2, 0) is 11.2 Å². The zero-order chi connectivity index (χ0) is 23.4. The summed E-state index contributed by atoms with van der Waals surface area (Å²) in [6.07, 6.45) is -0.104. The molecule has 0 bridgehead atoms. The second-order valence-electron chi connectivity index (χ2n) is 7.50. The van der Waals surface area contributed by atoms with E-state index in [1.807, 2.05) is 38.1 Å². The summed E-state index contributed by atoms with van der Waals surface area (Å²) in [5.74, 6) is 0.484. The van der Waals surface area contributed by atoms with E-state index in [-0.39, 0.29) is 18.1 Å². The van der Waals surface area contributed by atoms with E-state index in [0.717, 1.165) is 5.56 Å². The van der Waals surface area contributed by atoms with Gasteiger partial charge >= 0.3 is 5.97 Å². The minimum Gasteiger partial charge on any atom is -0.496 e. The molecule has 0 aliphatic carbocycles. The number of hydrogen-bond donors (Lipinski definition) is 1. The molecule has 0 amide bonds. The van der Waals surface area contributed by atoms with Crippen molar-refractivity contribution in [1.82, 2.24) is 0 Å². The lowest BCUT2D eigenvalue weighted by Gasteiger charge is -2.19. The average molecular weight is 562 g/mol. The number of benzene rings is 3. The quantitative estimate of drug-likeness (QED) is 0.300. The first-order valence-corrected chi connectivity index (χ1v) is 11.5. The molecule has 32 heavy (non-hydrogen) atoms. The Morgan fingerprint density at radius 3 is 2.12 bits per heavy atom. The number of methoxy groups -OCH3 is 1. The van der Waals surface area contributed by atoms with Crippen molar-refractivity contribution in [2.45, 2.75) is 26.2 Å². The van der Waals surface area contributed by atoms with Crippen LogP contribution >= 0.6 is 31.9 Å². The fourth-order valence-electron chi connectivity index (χ4n) is 3.36. The van der Waals surface area contributed by atoms with Crippen molar-refractivity contribution < 1.29 is 24.2 Å². The number of ketones is 1. The first-order chi connectivity index (χ1) is 15.2. The maximum Gasteiger partial charge on any atom is 0.307 e. The van der Waals surface area contributed by atoms with Crippen LogP contribution in [0.1, 0.15) is 46.8 Å². The van der Waals surface area contributed by atoms with Crippen molar-refractivity contribution in [3.63, 3.8) is 0 Å². The van der Waals surface area contributed by atoms with Gasteiger partial charge in [-0.25, -0.2) is 0 Å². The Kier molecular flexibility index (Phi) is 7.74. The minimum atomic E-state index is -0.918. The maximum atomic E-state index is 13.3. The van der Waals surface area contributed by atoms with Gasteiger partial charge in [0.15, 0.2) is 11.5 Å². The molecule has 0 aliphatic rings. The SMILES string of the molecule is COc1c(C(=O)c2ccccc2)cc(Oc2c(Br)cc(CC(=O)O)cc2Br)cc1C(C)C. The van der Waals surface area contributed by atoms with E-state index in [1.54, 1.807) is 37.4 Å². The largest absolute Gasteiger partial charge is 0.496 e. The lowest BCUT2D eigenvalue weighted by Crippen LogP contribution is -2.07. The summed E-state index contributed by atoms with van der Waals surface area (Å²) in [6, 6.07) is 16.0. The number of carbonyl (C=O) groups is 2. The number of halogens is 2. The topological polar surface area (TPSA) is 72.8 Å². The zero-order valence-electron chi connectivity index (χ0n) is 17.8. The molecule has 0 saturated heterocycles. The standard InChI is InChI=1S/C25H22Br2O5/c1-14(2)18-12-17(32-25-20(26)9-15(10-21(25)27)11-22(28)29)13-19(24(18)31-3)23(30)16-7-5-4-6-8-16/h4-10,12-14H,11H2,1-3H3,(H,28,29). The van der Waals surface area contributed by atoms with Crippen LogP contribution in [-0.4, -0.2) is 24.0 Å². The number of carboxylic acids is 1. The number of carbonyl (C=O) groups excluding carboxylic acids is 1. The van der Waals surface area contributed by atoms with E-state index < -0.39 is 5.97 Å². The minimum absolute atomic E-state index is 0.0839. The second kappa shape index (κ2) is 10.3. The summed E-state index contributed by atoms with van der Waals surface area (Å²) in [5.41, 5.74) is 2.44. The van der Waals surface area contributed by atoms with Crippen LogP contribution in [0, 0.1) is 0 Å². The Labute approximate surface area is 203 Å². The summed E-state index contributed by atoms with van der Waals surface area (Å²) < 4.78 is 13.0. The predicted octanol–water partition coefficient (Wildman–Crippen LogP) is 6.99. The van der Waals surface area contributed by atoms with Gasteiger partial charge in [0, 0.05) is 11.1 Å². The molecular formula is C25H22Br2O5. The number of hydrogen-bond acceptors (Lipinski definition) is 4. The average Bonchev–Trinajstić information content (AvgIpc) is 2.75. The fourth-order valence-corrected chi connectivity index (χ4v) is 4.80. The fraction of sp³-hybridized carbons (Fsp3) is 0.200. The molecule has 3 aromatic rings. The van der Waals surface area contributed by atoms with Gasteiger partial charge < -0.3 is 14.6 Å². The van der Waals surface area contributed by atoms with Crippen molar-refractivity contribution in [2.24, 2.45) is 0 Å². The number of ether oxygens (including phenoxy) is 2. The maximum absolute atomic E-state index is 13.3. The monoisotopic (exact) mass is 560 g/mol. The van der Waals surface area contributed by atoms with Crippen LogP contribution in [0.2, 0.25) is 0 Å². The third kappa shape index (κ3) is 5.40. The normalized spacial score (nSPS) is 10.8. The van der Waals surface area contributed by atoms with Crippen LogP contribution in [0.4, 0.5) is 0 Å². The highest BCUT2D eigenvalue weighted by Crippen LogP contribution is 2.41. The highest BCUT2D eigenvalue weighted by molar-refractivity contribution is 9.11. The van der Waals surface area contributed by atoms with Gasteiger partial charge in [0.2, 0.25) is 0 Å². The summed E-state index contributed by atoms with van der Waals surface area (Å²) in [5, 5.41) is 9.06. The third-order valence-electron chi connectivity index (χ3n) is 4.83. The van der Waals surface area contributed by atoms with Crippen molar-refractivity contribution in [3.05, 3.63) is 85.8 Å². The Morgan fingerprint density at radius 1 is 0.969 bits per heavy atom. The number of aliphatic carboxylic acids is 1. The highest BCUT2D eigenvalue weighted by Gasteiger charge is 2.22. The first kappa shape index (κ1) is 24.0.